The average molecular weight is 408 g/mol. The first-order chi connectivity index (χ1) is 13.6. The van der Waals surface area contributed by atoms with Gasteiger partial charge in [0.25, 0.3) is 0 Å². The predicted molar refractivity (Wildman–Crippen MR) is 112 cm³/mol. The molecule has 1 heterocycles. The zero-order valence-corrected chi connectivity index (χ0v) is 16.1. The number of anilines is 2. The van der Waals surface area contributed by atoms with E-state index in [1.165, 1.54) is 11.9 Å². The van der Waals surface area contributed by atoms with Crippen LogP contribution in [0.25, 0.3) is 0 Å². The van der Waals surface area contributed by atoms with Crippen molar-refractivity contribution < 1.29 is 9.59 Å². The first-order valence-corrected chi connectivity index (χ1v) is 9.62. The molecular weight excluding hydrogens is 394 g/mol. The van der Waals surface area contributed by atoms with Gasteiger partial charge < -0.3 is 10.0 Å². The van der Waals surface area contributed by atoms with Crippen molar-refractivity contribution in [3.63, 3.8) is 0 Å². The number of halogens is 1. The lowest BCUT2D eigenvalue weighted by atomic mass is 9.92. The molecular formula is C21H14ClN3O2S. The normalized spacial score (nSPS) is 13.3. The summed E-state index contributed by atoms with van der Waals surface area (Å²) in [6.07, 6.45) is 1.72. The van der Waals surface area contributed by atoms with Crippen LogP contribution in [0.15, 0.2) is 88.6 Å². The maximum absolute atomic E-state index is 12.7. The van der Waals surface area contributed by atoms with Gasteiger partial charge in [-0.3, -0.25) is 9.59 Å². The highest BCUT2D eigenvalue weighted by Gasteiger charge is 2.31. The highest BCUT2D eigenvalue weighted by molar-refractivity contribution is 8.00. The van der Waals surface area contributed by atoms with Gasteiger partial charge >= 0.3 is 0 Å². The van der Waals surface area contributed by atoms with E-state index in [9.17, 15) is 9.59 Å². The molecule has 2 aromatic carbocycles. The van der Waals surface area contributed by atoms with Gasteiger partial charge in [0.05, 0.1) is 0 Å². The molecule has 0 saturated heterocycles. The van der Waals surface area contributed by atoms with Gasteiger partial charge in [-0.1, -0.05) is 41.9 Å². The standard InChI is InChI=1S/C21H14ClN3O2S/c22-18-19(21(27)16-6-2-1-5-15(16)20(18)26)24-13-8-10-14(11-9-13)28-25-17-7-3-4-12-23-17/h1-12,24H,(H,23,25). The van der Waals surface area contributed by atoms with Gasteiger partial charge in [-0.05, 0) is 48.3 Å². The summed E-state index contributed by atoms with van der Waals surface area (Å²) in [5.74, 6) is 0.109. The van der Waals surface area contributed by atoms with Crippen molar-refractivity contribution in [2.75, 3.05) is 10.0 Å². The predicted octanol–water partition coefficient (Wildman–Crippen LogP) is 5.14. The SMILES string of the molecule is O=C1C(Cl)=C(Nc2ccc(SNc3ccccn3)cc2)C(=O)c2ccccc21. The van der Waals surface area contributed by atoms with Gasteiger partial charge in [0.1, 0.15) is 16.5 Å². The minimum atomic E-state index is -0.355. The summed E-state index contributed by atoms with van der Waals surface area (Å²) in [6.45, 7) is 0. The molecule has 5 nitrogen and oxygen atoms in total. The second kappa shape index (κ2) is 7.88. The molecule has 2 N–H and O–H groups in total. The number of fused-ring (bicyclic) bond motifs is 1. The van der Waals surface area contributed by atoms with E-state index < -0.39 is 0 Å². The number of rotatable bonds is 5. The fraction of sp³-hybridized carbons (Fsp3) is 0. The quantitative estimate of drug-likeness (QED) is 0.570. The molecule has 0 aliphatic heterocycles. The van der Waals surface area contributed by atoms with Crippen LogP contribution in [0.5, 0.6) is 0 Å². The van der Waals surface area contributed by atoms with Gasteiger partial charge in [0, 0.05) is 27.9 Å². The Bertz CT molecular complexity index is 1080. The topological polar surface area (TPSA) is 71.1 Å². The fourth-order valence-electron chi connectivity index (χ4n) is 2.74. The molecule has 1 aliphatic rings. The van der Waals surface area contributed by atoms with E-state index in [1.54, 1.807) is 30.5 Å². The molecule has 4 rings (SSSR count). The maximum Gasteiger partial charge on any atom is 0.211 e. The molecule has 1 aliphatic carbocycles. The molecule has 0 fully saturated rings. The van der Waals surface area contributed by atoms with Crippen molar-refractivity contribution in [3.05, 3.63) is 94.8 Å². The number of allylic oxidation sites excluding steroid dienone is 2. The van der Waals surface area contributed by atoms with Crippen LogP contribution in [-0.2, 0) is 0 Å². The average Bonchev–Trinajstić information content (AvgIpc) is 2.75. The van der Waals surface area contributed by atoms with Crippen LogP contribution in [0.4, 0.5) is 11.5 Å². The molecule has 0 radical (unpaired) electrons. The molecule has 0 amide bonds. The van der Waals surface area contributed by atoms with Crippen LogP contribution in [0.2, 0.25) is 0 Å². The Morgan fingerprint density at radius 1 is 0.821 bits per heavy atom. The largest absolute Gasteiger partial charge is 0.351 e. The number of hydrogen-bond acceptors (Lipinski definition) is 6. The summed E-state index contributed by atoms with van der Waals surface area (Å²) in [4.78, 5) is 30.3. The monoisotopic (exact) mass is 407 g/mol. The number of ketones is 2. The minimum absolute atomic E-state index is 0.0948. The number of pyridine rings is 1. The second-order valence-electron chi connectivity index (χ2n) is 5.96. The van der Waals surface area contributed by atoms with E-state index in [-0.39, 0.29) is 22.3 Å². The van der Waals surface area contributed by atoms with Gasteiger partial charge in [0.2, 0.25) is 11.6 Å². The van der Waals surface area contributed by atoms with E-state index >= 15 is 0 Å². The van der Waals surface area contributed by atoms with E-state index in [4.69, 9.17) is 11.6 Å². The van der Waals surface area contributed by atoms with Crippen LogP contribution < -0.4 is 10.0 Å². The van der Waals surface area contributed by atoms with Crippen molar-refractivity contribution in [2.24, 2.45) is 0 Å². The summed E-state index contributed by atoms with van der Waals surface area (Å²) in [7, 11) is 0. The van der Waals surface area contributed by atoms with E-state index in [0.29, 0.717) is 16.8 Å². The number of nitrogens with zero attached hydrogens (tertiary/aromatic N) is 1. The van der Waals surface area contributed by atoms with Gasteiger partial charge in [-0.15, -0.1) is 0 Å². The smallest absolute Gasteiger partial charge is 0.211 e. The summed E-state index contributed by atoms with van der Waals surface area (Å²) in [6, 6.07) is 19.7. The van der Waals surface area contributed by atoms with Crippen molar-refractivity contribution in [1.82, 2.24) is 4.98 Å². The van der Waals surface area contributed by atoms with Crippen molar-refractivity contribution in [3.8, 4) is 0 Å². The molecule has 7 heteroatoms. The van der Waals surface area contributed by atoms with Crippen LogP contribution in [0, 0.1) is 0 Å². The maximum atomic E-state index is 12.7. The summed E-state index contributed by atoms with van der Waals surface area (Å²) in [5.41, 5.74) is 1.44. The van der Waals surface area contributed by atoms with Crippen LogP contribution in [-0.4, -0.2) is 16.6 Å². The van der Waals surface area contributed by atoms with Gasteiger partial charge in [-0.2, -0.15) is 0 Å². The Hall–Kier alpha value is -3.09. The van der Waals surface area contributed by atoms with E-state index in [2.05, 4.69) is 15.0 Å². The number of aromatic nitrogens is 1. The molecule has 0 spiro atoms. The van der Waals surface area contributed by atoms with Crippen LogP contribution in [0.1, 0.15) is 20.7 Å². The Morgan fingerprint density at radius 2 is 1.50 bits per heavy atom. The zero-order chi connectivity index (χ0) is 19.5. The second-order valence-corrected chi connectivity index (χ2v) is 7.22. The van der Waals surface area contributed by atoms with E-state index in [1.807, 2.05) is 42.5 Å². The number of Topliss-reactive ketones (excluding diaryl/α,β-unsaturated/α-hetero) is 2. The van der Waals surface area contributed by atoms with Crippen LogP contribution in [0.3, 0.4) is 0 Å². The molecule has 0 unspecified atom stereocenters. The first kappa shape index (κ1) is 18.3. The lowest BCUT2D eigenvalue weighted by Gasteiger charge is -2.19. The van der Waals surface area contributed by atoms with Gasteiger partial charge in [-0.25, -0.2) is 4.98 Å². The van der Waals surface area contributed by atoms with Crippen molar-refractivity contribution >= 4 is 46.6 Å². The Balaban J connectivity index is 1.49. The molecule has 1 aromatic heterocycles. The molecule has 138 valence electrons. The molecule has 28 heavy (non-hydrogen) atoms. The highest BCUT2D eigenvalue weighted by Crippen LogP contribution is 2.30. The molecule has 3 aromatic rings. The number of carbonyl (C=O) groups is 2. The first-order valence-electron chi connectivity index (χ1n) is 8.42. The third kappa shape index (κ3) is 3.65. The molecule has 0 saturated carbocycles. The molecule has 0 bridgehead atoms. The lowest BCUT2D eigenvalue weighted by molar-refractivity contribution is 0.0982. The third-order valence-corrected chi connectivity index (χ3v) is 5.30. The van der Waals surface area contributed by atoms with Crippen molar-refractivity contribution in [2.45, 2.75) is 4.90 Å². The number of hydrogen-bond donors (Lipinski definition) is 2. The lowest BCUT2D eigenvalue weighted by Crippen LogP contribution is -2.24. The minimum Gasteiger partial charge on any atom is -0.351 e. The Labute approximate surface area is 171 Å². The number of carbonyl (C=O) groups excluding carboxylic acids is 2. The highest BCUT2D eigenvalue weighted by atomic mass is 35.5. The number of nitrogens with one attached hydrogen (secondary N) is 2. The Kier molecular flexibility index (Phi) is 5.14. The number of benzene rings is 2. The van der Waals surface area contributed by atoms with Crippen molar-refractivity contribution in [1.29, 1.82) is 0 Å². The molecule has 0 atom stereocenters. The van der Waals surface area contributed by atoms with Gasteiger partial charge in [0.15, 0.2) is 0 Å². The third-order valence-electron chi connectivity index (χ3n) is 4.12. The zero-order valence-electron chi connectivity index (χ0n) is 14.5. The summed E-state index contributed by atoms with van der Waals surface area (Å²) >= 11 is 7.60. The summed E-state index contributed by atoms with van der Waals surface area (Å²) in [5, 5.41) is 2.89. The van der Waals surface area contributed by atoms with E-state index in [0.717, 1.165) is 10.7 Å². The van der Waals surface area contributed by atoms with Crippen LogP contribution >= 0.6 is 23.5 Å². The summed E-state index contributed by atoms with van der Waals surface area (Å²) < 4.78 is 3.15. The fourth-order valence-corrected chi connectivity index (χ4v) is 3.59. The Morgan fingerprint density at radius 3 is 2.18 bits per heavy atom.